The number of carbonyl (C=O) groups is 1. The maximum Gasteiger partial charge on any atom is 0.336 e. The second-order valence-corrected chi connectivity index (χ2v) is 6.48. The van der Waals surface area contributed by atoms with E-state index in [0.29, 0.717) is 28.5 Å². The third-order valence-corrected chi connectivity index (χ3v) is 4.74. The molecule has 0 aromatic carbocycles. The molecule has 3 aromatic heterocycles. The summed E-state index contributed by atoms with van der Waals surface area (Å²) >= 11 is 0. The summed E-state index contributed by atoms with van der Waals surface area (Å²) in [4.78, 5) is 16.2. The number of carboxylic acid groups (broad SMARTS) is 1. The summed E-state index contributed by atoms with van der Waals surface area (Å²) in [5, 5.41) is 18.8. The van der Waals surface area contributed by atoms with E-state index in [1.165, 1.54) is 19.3 Å². The molecule has 3 heterocycles. The fourth-order valence-corrected chi connectivity index (χ4v) is 3.19. The van der Waals surface area contributed by atoms with Crippen molar-refractivity contribution in [1.29, 1.82) is 0 Å². The van der Waals surface area contributed by atoms with Crippen molar-refractivity contribution in [1.82, 2.24) is 24.5 Å². The second-order valence-electron chi connectivity index (χ2n) is 6.48. The van der Waals surface area contributed by atoms with Crippen LogP contribution in [-0.2, 0) is 7.05 Å². The largest absolute Gasteiger partial charge is 0.478 e. The summed E-state index contributed by atoms with van der Waals surface area (Å²) in [5.41, 5.74) is 3.03. The predicted molar refractivity (Wildman–Crippen MR) is 94.2 cm³/mol. The van der Waals surface area contributed by atoms with Gasteiger partial charge in [-0.3, -0.25) is 9.36 Å². The molecule has 0 saturated heterocycles. The van der Waals surface area contributed by atoms with Crippen molar-refractivity contribution in [2.75, 3.05) is 0 Å². The Kier molecular flexibility index (Phi) is 3.63. The van der Waals surface area contributed by atoms with Gasteiger partial charge in [0.15, 0.2) is 5.65 Å². The number of hydrogen-bond acceptors (Lipinski definition) is 4. The lowest BCUT2D eigenvalue weighted by molar-refractivity contribution is 0.0699. The molecule has 0 unspecified atom stereocenters. The predicted octanol–water partition coefficient (Wildman–Crippen LogP) is 3.07. The monoisotopic (exact) mass is 337 g/mol. The van der Waals surface area contributed by atoms with Gasteiger partial charge in [-0.25, -0.2) is 9.78 Å². The van der Waals surface area contributed by atoms with Crippen LogP contribution in [0.4, 0.5) is 0 Å². The first-order chi connectivity index (χ1) is 12.0. The summed E-state index contributed by atoms with van der Waals surface area (Å²) in [7, 11) is 1.77. The van der Waals surface area contributed by atoms with E-state index in [0.717, 1.165) is 5.56 Å². The van der Waals surface area contributed by atoms with Gasteiger partial charge in [-0.1, -0.05) is 0 Å². The van der Waals surface area contributed by atoms with Crippen molar-refractivity contribution in [3.05, 3.63) is 41.0 Å². The molecule has 0 amide bonds. The Labute approximate surface area is 144 Å². The lowest BCUT2D eigenvalue weighted by Crippen LogP contribution is -2.16. The van der Waals surface area contributed by atoms with Crippen LogP contribution in [0.3, 0.4) is 0 Å². The summed E-state index contributed by atoms with van der Waals surface area (Å²) in [6.45, 7) is 1.79. The summed E-state index contributed by atoms with van der Waals surface area (Å²) in [6.07, 6.45) is 11.2. The Morgan fingerprint density at radius 3 is 2.84 bits per heavy atom. The van der Waals surface area contributed by atoms with Crippen LogP contribution >= 0.6 is 0 Å². The minimum atomic E-state index is -0.976. The van der Waals surface area contributed by atoms with Gasteiger partial charge in [0, 0.05) is 18.8 Å². The number of hydrogen-bond donors (Lipinski definition) is 1. The molecule has 4 rings (SSSR count). The first-order valence-electron chi connectivity index (χ1n) is 8.33. The molecule has 0 atom stereocenters. The highest BCUT2D eigenvalue weighted by Gasteiger charge is 2.20. The number of aryl methyl sites for hydroxylation is 2. The van der Waals surface area contributed by atoms with Gasteiger partial charge >= 0.3 is 5.97 Å². The van der Waals surface area contributed by atoms with E-state index < -0.39 is 5.97 Å². The van der Waals surface area contributed by atoms with Gasteiger partial charge in [-0.2, -0.15) is 10.2 Å². The summed E-state index contributed by atoms with van der Waals surface area (Å²) in [6, 6.07) is 2.11. The Hall–Kier alpha value is -2.96. The molecule has 0 radical (unpaired) electrons. The van der Waals surface area contributed by atoms with Gasteiger partial charge < -0.3 is 5.11 Å². The number of aromatic carboxylic acids is 1. The van der Waals surface area contributed by atoms with Crippen LogP contribution in [0.5, 0.6) is 0 Å². The fourth-order valence-electron chi connectivity index (χ4n) is 3.19. The zero-order valence-corrected chi connectivity index (χ0v) is 14.2. The van der Waals surface area contributed by atoms with Crippen LogP contribution in [0.25, 0.3) is 23.2 Å². The molecular weight excluding hydrogens is 318 g/mol. The Morgan fingerprint density at radius 2 is 2.16 bits per heavy atom. The van der Waals surface area contributed by atoms with Crippen LogP contribution < -0.4 is 0 Å². The molecule has 25 heavy (non-hydrogen) atoms. The van der Waals surface area contributed by atoms with Crippen molar-refractivity contribution >= 4 is 29.2 Å². The van der Waals surface area contributed by atoms with Crippen molar-refractivity contribution in [2.24, 2.45) is 7.05 Å². The molecule has 128 valence electrons. The lowest BCUT2D eigenvalue weighted by Gasteiger charge is -2.25. The van der Waals surface area contributed by atoms with E-state index in [-0.39, 0.29) is 5.56 Å². The van der Waals surface area contributed by atoms with Gasteiger partial charge in [-0.05, 0) is 44.4 Å². The van der Waals surface area contributed by atoms with E-state index in [4.69, 9.17) is 0 Å². The summed E-state index contributed by atoms with van der Waals surface area (Å²) in [5.74, 6) is -0.976. The molecule has 0 bridgehead atoms. The smallest absolute Gasteiger partial charge is 0.336 e. The third kappa shape index (κ3) is 2.71. The van der Waals surface area contributed by atoms with Crippen LogP contribution in [0.2, 0.25) is 0 Å². The van der Waals surface area contributed by atoms with E-state index in [9.17, 15) is 9.90 Å². The molecule has 7 heteroatoms. The van der Waals surface area contributed by atoms with Crippen molar-refractivity contribution in [2.45, 2.75) is 32.2 Å². The van der Waals surface area contributed by atoms with Gasteiger partial charge in [0.1, 0.15) is 0 Å². The van der Waals surface area contributed by atoms with Gasteiger partial charge in [0.25, 0.3) is 0 Å². The summed E-state index contributed by atoms with van der Waals surface area (Å²) < 4.78 is 3.62. The zero-order valence-electron chi connectivity index (χ0n) is 14.2. The first-order valence-corrected chi connectivity index (χ1v) is 8.33. The Bertz CT molecular complexity index is 994. The zero-order chi connectivity index (χ0) is 17.6. The first kappa shape index (κ1) is 15.6. The number of nitrogens with zero attached hydrogens (tertiary/aromatic N) is 5. The number of fused-ring (bicyclic) bond motifs is 1. The number of aromatic nitrogens is 5. The minimum Gasteiger partial charge on any atom is -0.478 e. The van der Waals surface area contributed by atoms with E-state index in [1.807, 2.05) is 29.2 Å². The normalized spacial score (nSPS) is 15.1. The van der Waals surface area contributed by atoms with Gasteiger partial charge in [-0.15, -0.1) is 0 Å². The third-order valence-electron chi connectivity index (χ3n) is 4.74. The highest BCUT2D eigenvalue weighted by molar-refractivity contribution is 6.03. The van der Waals surface area contributed by atoms with Gasteiger partial charge in [0.05, 0.1) is 34.6 Å². The Balaban J connectivity index is 1.70. The maximum atomic E-state index is 11.6. The van der Waals surface area contributed by atoms with Gasteiger partial charge in [0.2, 0.25) is 0 Å². The number of pyridine rings is 1. The standard InChI is InChI=1S/C18H19N5O2/c1-11-16-15(18(24)25)8-13(20-17(16)22(2)21-11)7-6-12-9-19-23(10-12)14-4-3-5-14/h6-10,14H,3-5H2,1-2H3,(H,24,25)/b7-6+. The Morgan fingerprint density at radius 1 is 1.36 bits per heavy atom. The quantitative estimate of drug-likeness (QED) is 0.791. The highest BCUT2D eigenvalue weighted by Crippen LogP contribution is 2.31. The second kappa shape index (κ2) is 5.84. The van der Waals surface area contributed by atoms with Crippen LogP contribution in [0.15, 0.2) is 18.5 Å². The van der Waals surface area contributed by atoms with Crippen molar-refractivity contribution in [3.8, 4) is 0 Å². The molecule has 1 N–H and O–H groups in total. The molecule has 0 spiro atoms. The highest BCUT2D eigenvalue weighted by atomic mass is 16.4. The van der Waals surface area contributed by atoms with E-state index in [1.54, 1.807) is 24.7 Å². The average molecular weight is 337 g/mol. The molecule has 1 saturated carbocycles. The van der Waals surface area contributed by atoms with Crippen LogP contribution in [-0.4, -0.2) is 35.6 Å². The maximum absolute atomic E-state index is 11.6. The van der Waals surface area contributed by atoms with E-state index >= 15 is 0 Å². The molecule has 0 aliphatic heterocycles. The molecule has 1 aliphatic rings. The SMILES string of the molecule is Cc1nn(C)c2nc(/C=C/c3cnn(C4CCC4)c3)cc(C(=O)O)c12. The average Bonchev–Trinajstić information content (AvgIpc) is 3.08. The molecular formula is C18H19N5O2. The van der Waals surface area contributed by atoms with Crippen LogP contribution in [0.1, 0.15) is 52.6 Å². The van der Waals surface area contributed by atoms with E-state index in [2.05, 4.69) is 15.2 Å². The molecule has 1 fully saturated rings. The number of rotatable bonds is 4. The van der Waals surface area contributed by atoms with Crippen molar-refractivity contribution < 1.29 is 9.90 Å². The number of carboxylic acids is 1. The fraction of sp³-hybridized carbons (Fsp3) is 0.333. The topological polar surface area (TPSA) is 85.8 Å². The van der Waals surface area contributed by atoms with Crippen LogP contribution in [0, 0.1) is 6.92 Å². The molecule has 3 aromatic rings. The van der Waals surface area contributed by atoms with Crippen molar-refractivity contribution in [3.63, 3.8) is 0 Å². The lowest BCUT2D eigenvalue weighted by atomic mass is 9.93. The molecule has 7 nitrogen and oxygen atoms in total. The molecule has 1 aliphatic carbocycles. The minimum absolute atomic E-state index is 0.223.